The third-order valence-corrected chi connectivity index (χ3v) is 6.07. The molecule has 5 aromatic rings. The van der Waals surface area contributed by atoms with Crippen molar-refractivity contribution in [2.45, 2.75) is 24.8 Å². The fraction of sp³-hybridized carbons (Fsp3) is 0.217. The first kappa shape index (κ1) is 18.1. The van der Waals surface area contributed by atoms with Gasteiger partial charge >= 0.3 is 0 Å². The van der Waals surface area contributed by atoms with Crippen molar-refractivity contribution in [3.8, 4) is 11.3 Å². The van der Waals surface area contributed by atoms with Crippen LogP contribution in [0.3, 0.4) is 0 Å². The van der Waals surface area contributed by atoms with E-state index in [1.807, 2.05) is 41.0 Å². The van der Waals surface area contributed by atoms with E-state index in [2.05, 4.69) is 15.1 Å². The lowest BCUT2D eigenvalue weighted by molar-refractivity contribution is 0.269. The summed E-state index contributed by atoms with van der Waals surface area (Å²) in [7, 11) is 0. The molecule has 4 aromatic heterocycles. The van der Waals surface area contributed by atoms with Crippen molar-refractivity contribution in [2.24, 2.45) is 0 Å². The molecule has 0 saturated heterocycles. The van der Waals surface area contributed by atoms with Gasteiger partial charge in [0.2, 0.25) is 0 Å². The van der Waals surface area contributed by atoms with Gasteiger partial charge in [0.1, 0.15) is 5.82 Å². The zero-order valence-electron chi connectivity index (χ0n) is 16.6. The molecule has 1 saturated carbocycles. The van der Waals surface area contributed by atoms with Gasteiger partial charge in [-0.2, -0.15) is 10.2 Å². The highest BCUT2D eigenvalue weighted by atomic mass is 19.1. The third-order valence-electron chi connectivity index (χ3n) is 6.07. The van der Waals surface area contributed by atoms with Crippen LogP contribution in [0.2, 0.25) is 0 Å². The Labute approximate surface area is 176 Å². The molecule has 0 radical (unpaired) electrons. The molecule has 1 N–H and O–H groups in total. The highest BCUT2D eigenvalue weighted by Gasteiger charge is 2.50. The van der Waals surface area contributed by atoms with Gasteiger partial charge in [-0.25, -0.2) is 13.9 Å². The third kappa shape index (κ3) is 2.83. The number of hydrogen-bond acceptors (Lipinski definition) is 5. The Balaban J connectivity index is 1.47. The highest BCUT2D eigenvalue weighted by molar-refractivity contribution is 5.80. The number of nitrogens with zero attached hydrogens (tertiary/aromatic N) is 6. The van der Waals surface area contributed by atoms with E-state index in [1.165, 1.54) is 6.07 Å². The van der Waals surface area contributed by atoms with Crippen molar-refractivity contribution in [3.05, 3.63) is 78.3 Å². The zero-order valence-corrected chi connectivity index (χ0v) is 16.6. The monoisotopic (exact) mass is 414 g/mol. The SMILES string of the molecule is OCCn1cc(-c2ccc3ncc(C4(c5cc6cccnc6cc5F)CC4)n3n2)cn1. The first-order valence-corrected chi connectivity index (χ1v) is 10.2. The fourth-order valence-electron chi connectivity index (χ4n) is 4.32. The molecule has 0 amide bonds. The van der Waals surface area contributed by atoms with Gasteiger partial charge in [0, 0.05) is 40.4 Å². The number of imidazole rings is 1. The van der Waals surface area contributed by atoms with Crippen molar-refractivity contribution < 1.29 is 9.50 Å². The molecule has 8 heteroatoms. The number of benzene rings is 1. The average Bonchev–Trinajstić information content (AvgIpc) is 3.24. The van der Waals surface area contributed by atoms with Crippen LogP contribution in [0.5, 0.6) is 0 Å². The van der Waals surface area contributed by atoms with Crippen LogP contribution in [0.4, 0.5) is 4.39 Å². The quantitative estimate of drug-likeness (QED) is 0.477. The van der Waals surface area contributed by atoms with Crippen molar-refractivity contribution in [3.63, 3.8) is 0 Å². The Hall–Kier alpha value is -3.65. The Kier molecular flexibility index (Phi) is 3.91. The summed E-state index contributed by atoms with van der Waals surface area (Å²) in [6.45, 7) is 0.451. The largest absolute Gasteiger partial charge is 0.394 e. The smallest absolute Gasteiger partial charge is 0.153 e. The van der Waals surface area contributed by atoms with Crippen LogP contribution in [-0.2, 0) is 12.0 Å². The molecular weight excluding hydrogens is 395 g/mol. The van der Waals surface area contributed by atoms with Crippen molar-refractivity contribution in [1.82, 2.24) is 29.4 Å². The van der Waals surface area contributed by atoms with E-state index in [0.717, 1.165) is 40.8 Å². The Bertz CT molecular complexity index is 1430. The lowest BCUT2D eigenvalue weighted by atomic mass is 9.91. The number of hydrogen-bond donors (Lipinski definition) is 1. The molecule has 6 rings (SSSR count). The minimum Gasteiger partial charge on any atom is -0.394 e. The summed E-state index contributed by atoms with van der Waals surface area (Å²) in [5.41, 5.74) is 4.07. The Morgan fingerprint density at radius 1 is 1.10 bits per heavy atom. The molecule has 1 aliphatic rings. The number of aliphatic hydroxyl groups excluding tert-OH is 1. The van der Waals surface area contributed by atoms with E-state index >= 15 is 4.39 Å². The minimum atomic E-state index is -0.444. The van der Waals surface area contributed by atoms with Gasteiger partial charge in [-0.1, -0.05) is 6.07 Å². The summed E-state index contributed by atoms with van der Waals surface area (Å²) in [5.74, 6) is -0.250. The summed E-state index contributed by atoms with van der Waals surface area (Å²) in [5, 5.41) is 19.1. The normalized spacial score (nSPS) is 15.0. The molecule has 7 nitrogen and oxygen atoms in total. The fourth-order valence-corrected chi connectivity index (χ4v) is 4.32. The molecule has 1 fully saturated rings. The molecule has 0 unspecified atom stereocenters. The summed E-state index contributed by atoms with van der Waals surface area (Å²) in [6.07, 6.45) is 8.73. The van der Waals surface area contributed by atoms with Crippen LogP contribution in [0.25, 0.3) is 27.8 Å². The summed E-state index contributed by atoms with van der Waals surface area (Å²) in [4.78, 5) is 8.79. The molecule has 1 aliphatic carbocycles. The topological polar surface area (TPSA) is 81.1 Å². The van der Waals surface area contributed by atoms with Crippen LogP contribution in [0.15, 0.2) is 61.2 Å². The summed E-state index contributed by atoms with van der Waals surface area (Å²) in [6, 6.07) is 11.0. The lowest BCUT2D eigenvalue weighted by Gasteiger charge is -2.17. The zero-order chi connectivity index (χ0) is 21.0. The molecule has 0 aliphatic heterocycles. The molecule has 1 aromatic carbocycles. The van der Waals surface area contributed by atoms with Crippen molar-refractivity contribution in [2.75, 3.05) is 6.61 Å². The van der Waals surface area contributed by atoms with Gasteiger partial charge in [0.05, 0.1) is 42.4 Å². The van der Waals surface area contributed by atoms with Gasteiger partial charge in [0.15, 0.2) is 5.65 Å². The summed E-state index contributed by atoms with van der Waals surface area (Å²) >= 11 is 0. The molecule has 0 spiro atoms. The van der Waals surface area contributed by atoms with Crippen molar-refractivity contribution in [1.29, 1.82) is 0 Å². The minimum absolute atomic E-state index is 0.0224. The van der Waals surface area contributed by atoms with E-state index in [9.17, 15) is 0 Å². The molecule has 4 heterocycles. The molecular formula is C23H19FN6O. The lowest BCUT2D eigenvalue weighted by Crippen LogP contribution is -2.15. The maximum absolute atomic E-state index is 15.1. The van der Waals surface area contributed by atoms with Gasteiger partial charge in [-0.15, -0.1) is 0 Å². The molecule has 0 bridgehead atoms. The van der Waals surface area contributed by atoms with E-state index in [0.29, 0.717) is 17.6 Å². The maximum atomic E-state index is 15.1. The standard InChI is InChI=1S/C23H19FN6O/c24-18-11-20-15(2-1-7-25-20)10-17(18)23(5-6-23)21-13-26-22-4-3-19(28-30(21)22)16-12-27-29(14-16)8-9-31/h1-4,7,10-14,31H,5-6,8-9H2. The number of rotatable bonds is 5. The number of halogens is 1. The predicted octanol–water partition coefficient (Wildman–Crippen LogP) is 3.35. The van der Waals surface area contributed by atoms with Gasteiger partial charge in [0.25, 0.3) is 0 Å². The molecule has 31 heavy (non-hydrogen) atoms. The average molecular weight is 414 g/mol. The highest BCUT2D eigenvalue weighted by Crippen LogP contribution is 2.54. The first-order valence-electron chi connectivity index (χ1n) is 10.2. The van der Waals surface area contributed by atoms with Crippen LogP contribution < -0.4 is 0 Å². The Morgan fingerprint density at radius 3 is 2.84 bits per heavy atom. The first-order chi connectivity index (χ1) is 15.2. The second-order valence-corrected chi connectivity index (χ2v) is 7.96. The number of fused-ring (bicyclic) bond motifs is 2. The van der Waals surface area contributed by atoms with Crippen LogP contribution in [-0.4, -0.2) is 41.1 Å². The van der Waals surface area contributed by atoms with Gasteiger partial charge in [-0.05, 0) is 37.1 Å². The number of aliphatic hydroxyl groups is 1. The Morgan fingerprint density at radius 2 is 2.00 bits per heavy atom. The van der Waals surface area contributed by atoms with Crippen LogP contribution in [0, 0.1) is 5.82 Å². The summed E-state index contributed by atoms with van der Waals surface area (Å²) < 4.78 is 18.6. The van der Waals surface area contributed by atoms with Gasteiger partial charge in [-0.3, -0.25) is 9.67 Å². The second kappa shape index (κ2) is 6.68. The van der Waals surface area contributed by atoms with Crippen LogP contribution in [0.1, 0.15) is 24.1 Å². The van der Waals surface area contributed by atoms with Gasteiger partial charge < -0.3 is 5.11 Å². The second-order valence-electron chi connectivity index (χ2n) is 7.96. The van der Waals surface area contributed by atoms with E-state index < -0.39 is 5.41 Å². The molecule has 154 valence electrons. The maximum Gasteiger partial charge on any atom is 0.153 e. The molecule has 0 atom stereocenters. The number of aromatic nitrogens is 6. The van der Waals surface area contributed by atoms with E-state index in [-0.39, 0.29) is 12.4 Å². The van der Waals surface area contributed by atoms with E-state index in [4.69, 9.17) is 10.2 Å². The van der Waals surface area contributed by atoms with Crippen LogP contribution >= 0.6 is 0 Å². The van der Waals surface area contributed by atoms with E-state index in [1.54, 1.807) is 23.3 Å². The predicted molar refractivity (Wildman–Crippen MR) is 113 cm³/mol. The van der Waals surface area contributed by atoms with Crippen molar-refractivity contribution >= 4 is 16.6 Å². The number of pyridine rings is 1.